The summed E-state index contributed by atoms with van der Waals surface area (Å²) in [7, 11) is 0. The number of amides is 2. The summed E-state index contributed by atoms with van der Waals surface area (Å²) in [5, 5.41) is 16.0. The van der Waals surface area contributed by atoms with Crippen molar-refractivity contribution in [2.75, 3.05) is 18.4 Å². The van der Waals surface area contributed by atoms with Crippen LogP contribution >= 0.6 is 0 Å². The van der Waals surface area contributed by atoms with Gasteiger partial charge < -0.3 is 10.2 Å². The number of nitrogens with one attached hydrogen (secondary N) is 1. The second-order valence-corrected chi connectivity index (χ2v) is 7.63. The Balaban J connectivity index is 2.04. The Morgan fingerprint density at radius 2 is 2.16 bits per heavy atom. The van der Waals surface area contributed by atoms with E-state index in [9.17, 15) is 9.59 Å². The smallest absolute Gasteiger partial charge is 0.230 e. The first kappa shape index (κ1) is 19.0. The van der Waals surface area contributed by atoms with E-state index >= 15 is 0 Å². The number of carbonyl (C=O) groups is 2. The third kappa shape index (κ3) is 4.81. The van der Waals surface area contributed by atoms with Gasteiger partial charge in [-0.2, -0.15) is 10.4 Å². The number of rotatable bonds is 4. The predicted octanol–water partition coefficient (Wildman–Crippen LogP) is 2.33. The van der Waals surface area contributed by atoms with Crippen molar-refractivity contribution in [3.63, 3.8) is 0 Å². The van der Waals surface area contributed by atoms with Crippen molar-refractivity contribution >= 4 is 17.6 Å². The molecule has 1 aromatic rings. The van der Waals surface area contributed by atoms with Crippen molar-refractivity contribution in [1.29, 1.82) is 5.26 Å². The Kier molecular flexibility index (Phi) is 5.83. The number of anilines is 1. The molecule has 1 aromatic heterocycles. The summed E-state index contributed by atoms with van der Waals surface area (Å²) in [5.41, 5.74) is 0.354. The van der Waals surface area contributed by atoms with Crippen LogP contribution in [0.1, 0.15) is 45.7 Å². The minimum atomic E-state index is -0.439. The molecule has 0 unspecified atom stereocenters. The van der Waals surface area contributed by atoms with Gasteiger partial charge in [0.25, 0.3) is 0 Å². The number of hydrogen-bond acceptors (Lipinski definition) is 4. The van der Waals surface area contributed by atoms with Crippen LogP contribution in [0.15, 0.2) is 6.07 Å². The number of aromatic nitrogens is 2. The Morgan fingerprint density at radius 3 is 2.80 bits per heavy atom. The van der Waals surface area contributed by atoms with E-state index in [-0.39, 0.29) is 17.7 Å². The molecule has 1 saturated heterocycles. The Bertz CT molecular complexity index is 681. The number of nitrogens with zero attached hydrogens (tertiary/aromatic N) is 4. The first-order valence-electron chi connectivity index (χ1n) is 8.74. The average Bonchev–Trinajstić information content (AvgIpc) is 2.90. The van der Waals surface area contributed by atoms with E-state index in [0.29, 0.717) is 31.9 Å². The highest BCUT2D eigenvalue weighted by atomic mass is 16.2. The van der Waals surface area contributed by atoms with Crippen LogP contribution in [0.5, 0.6) is 0 Å². The Hall–Kier alpha value is -2.36. The second kappa shape index (κ2) is 7.68. The van der Waals surface area contributed by atoms with Gasteiger partial charge >= 0.3 is 0 Å². The minimum absolute atomic E-state index is 0.0832. The molecule has 1 aliphatic rings. The fourth-order valence-corrected chi connectivity index (χ4v) is 3.05. The number of nitriles is 1. The normalized spacial score (nSPS) is 17.9. The molecular weight excluding hydrogens is 318 g/mol. The van der Waals surface area contributed by atoms with Crippen molar-refractivity contribution in [2.45, 2.75) is 53.5 Å². The highest BCUT2D eigenvalue weighted by molar-refractivity contribution is 5.92. The van der Waals surface area contributed by atoms with Crippen molar-refractivity contribution in [3.05, 3.63) is 11.8 Å². The lowest BCUT2D eigenvalue weighted by atomic mass is 9.91. The largest absolute Gasteiger partial charge is 0.341 e. The maximum atomic E-state index is 12.7. The molecule has 0 radical (unpaired) electrons. The van der Waals surface area contributed by atoms with Gasteiger partial charge in [-0.25, -0.2) is 4.68 Å². The minimum Gasteiger partial charge on any atom is -0.341 e. The van der Waals surface area contributed by atoms with E-state index in [0.717, 1.165) is 18.5 Å². The summed E-state index contributed by atoms with van der Waals surface area (Å²) in [6.07, 6.45) is 1.93. The monoisotopic (exact) mass is 345 g/mol. The van der Waals surface area contributed by atoms with Gasteiger partial charge in [0.15, 0.2) is 0 Å². The van der Waals surface area contributed by atoms with Gasteiger partial charge in [0.1, 0.15) is 5.82 Å². The molecule has 0 spiro atoms. The third-order valence-corrected chi connectivity index (χ3v) is 4.31. The lowest BCUT2D eigenvalue weighted by Gasteiger charge is -2.35. The highest BCUT2D eigenvalue weighted by Crippen LogP contribution is 2.24. The van der Waals surface area contributed by atoms with Gasteiger partial charge in [0.05, 0.1) is 30.6 Å². The van der Waals surface area contributed by atoms with E-state index in [1.54, 1.807) is 15.6 Å². The van der Waals surface area contributed by atoms with Crippen LogP contribution < -0.4 is 5.32 Å². The van der Waals surface area contributed by atoms with Gasteiger partial charge in [-0.05, 0) is 19.8 Å². The maximum Gasteiger partial charge on any atom is 0.230 e. The van der Waals surface area contributed by atoms with E-state index in [1.165, 1.54) is 0 Å². The molecule has 2 amide bonds. The molecule has 2 heterocycles. The topological polar surface area (TPSA) is 91.0 Å². The molecule has 2 rings (SSSR count). The Labute approximate surface area is 149 Å². The molecule has 25 heavy (non-hydrogen) atoms. The molecule has 7 nitrogen and oxygen atoms in total. The maximum absolute atomic E-state index is 12.7. The molecule has 1 N–H and O–H groups in total. The van der Waals surface area contributed by atoms with Crippen LogP contribution in [0, 0.1) is 29.6 Å². The summed E-state index contributed by atoms with van der Waals surface area (Å²) >= 11 is 0. The molecule has 0 saturated carbocycles. The van der Waals surface area contributed by atoms with E-state index in [1.807, 2.05) is 27.7 Å². The molecule has 1 fully saturated rings. The molecule has 0 bridgehead atoms. The van der Waals surface area contributed by atoms with E-state index in [2.05, 4.69) is 16.5 Å². The average molecular weight is 345 g/mol. The van der Waals surface area contributed by atoms with Gasteiger partial charge in [-0.3, -0.25) is 9.59 Å². The molecule has 0 aliphatic carbocycles. The molecular formula is C18H27N5O2. The second-order valence-electron chi connectivity index (χ2n) is 7.63. The van der Waals surface area contributed by atoms with Crippen LogP contribution in [0.25, 0.3) is 0 Å². The van der Waals surface area contributed by atoms with Crippen LogP contribution in [-0.2, 0) is 16.1 Å². The first-order chi connectivity index (χ1) is 11.7. The van der Waals surface area contributed by atoms with Crippen molar-refractivity contribution in [3.8, 4) is 6.07 Å². The number of aryl methyl sites for hydroxylation is 2. The lowest BCUT2D eigenvalue weighted by molar-refractivity contribution is -0.142. The van der Waals surface area contributed by atoms with Crippen LogP contribution in [0.3, 0.4) is 0 Å². The first-order valence-corrected chi connectivity index (χ1v) is 8.74. The number of carbonyl (C=O) groups excluding carboxylic acids is 2. The fraction of sp³-hybridized carbons (Fsp3) is 0.667. The standard InChI is InChI=1S/C18H27N5O2/c1-13-11-15(23(21-13)10-6-8-19)20-16(24)14-7-5-9-22(12-14)17(25)18(2,3)4/h11,14H,5-7,9-10,12H2,1-4H3,(H,20,24)/t14-/m0/s1. The molecule has 0 aromatic carbocycles. The summed E-state index contributed by atoms with van der Waals surface area (Å²) < 4.78 is 1.65. The lowest BCUT2D eigenvalue weighted by Crippen LogP contribution is -2.47. The third-order valence-electron chi connectivity index (χ3n) is 4.31. The van der Waals surface area contributed by atoms with Gasteiger partial charge in [-0.15, -0.1) is 0 Å². The zero-order valence-corrected chi connectivity index (χ0v) is 15.5. The van der Waals surface area contributed by atoms with Gasteiger partial charge in [0, 0.05) is 24.6 Å². The van der Waals surface area contributed by atoms with Crippen LogP contribution in [0.2, 0.25) is 0 Å². The molecule has 1 aliphatic heterocycles. The Morgan fingerprint density at radius 1 is 1.44 bits per heavy atom. The number of piperidine rings is 1. The summed E-state index contributed by atoms with van der Waals surface area (Å²) in [6.45, 7) is 9.15. The zero-order valence-electron chi connectivity index (χ0n) is 15.5. The summed E-state index contributed by atoms with van der Waals surface area (Å²) in [6, 6.07) is 3.89. The van der Waals surface area contributed by atoms with Crippen molar-refractivity contribution in [2.24, 2.45) is 11.3 Å². The fourth-order valence-electron chi connectivity index (χ4n) is 3.05. The quantitative estimate of drug-likeness (QED) is 0.906. The number of hydrogen-bond donors (Lipinski definition) is 1. The SMILES string of the molecule is Cc1cc(NC(=O)[C@H]2CCCN(C(=O)C(C)(C)C)C2)n(CCC#N)n1. The molecule has 7 heteroatoms. The van der Waals surface area contributed by atoms with Gasteiger partial charge in [0.2, 0.25) is 11.8 Å². The predicted molar refractivity (Wildman–Crippen MR) is 94.6 cm³/mol. The summed E-state index contributed by atoms with van der Waals surface area (Å²) in [4.78, 5) is 26.9. The van der Waals surface area contributed by atoms with Crippen LogP contribution in [-0.4, -0.2) is 39.6 Å². The van der Waals surface area contributed by atoms with Crippen molar-refractivity contribution in [1.82, 2.24) is 14.7 Å². The summed E-state index contributed by atoms with van der Waals surface area (Å²) in [5.74, 6) is 0.376. The van der Waals surface area contributed by atoms with Crippen LogP contribution in [0.4, 0.5) is 5.82 Å². The van der Waals surface area contributed by atoms with E-state index in [4.69, 9.17) is 5.26 Å². The zero-order chi connectivity index (χ0) is 18.6. The highest BCUT2D eigenvalue weighted by Gasteiger charge is 2.33. The van der Waals surface area contributed by atoms with Crippen molar-refractivity contribution < 1.29 is 9.59 Å². The number of likely N-dealkylation sites (tertiary alicyclic amines) is 1. The molecule has 1 atom stereocenters. The van der Waals surface area contributed by atoms with Gasteiger partial charge in [-0.1, -0.05) is 20.8 Å². The molecule has 136 valence electrons. The van der Waals surface area contributed by atoms with E-state index < -0.39 is 5.41 Å².